The summed E-state index contributed by atoms with van der Waals surface area (Å²) in [6.45, 7) is 1.64. The zero-order valence-corrected chi connectivity index (χ0v) is 18.6. The molecule has 3 aromatic rings. The van der Waals surface area contributed by atoms with E-state index in [2.05, 4.69) is 5.32 Å². The first-order valence-corrected chi connectivity index (χ1v) is 10.6. The quantitative estimate of drug-likeness (QED) is 0.236. The van der Waals surface area contributed by atoms with Gasteiger partial charge in [-0.1, -0.05) is 24.3 Å². The fourth-order valence-electron chi connectivity index (χ4n) is 3.55. The van der Waals surface area contributed by atoms with Crippen LogP contribution >= 0.6 is 0 Å². The fourth-order valence-corrected chi connectivity index (χ4v) is 3.55. The zero-order valence-electron chi connectivity index (χ0n) is 18.6. The minimum Gasteiger partial charge on any atom is -0.486 e. The number of hydrogen-bond acceptors (Lipinski definition) is 8. The van der Waals surface area contributed by atoms with E-state index in [4.69, 9.17) is 14.2 Å². The summed E-state index contributed by atoms with van der Waals surface area (Å²) in [6, 6.07) is 15.1. The van der Waals surface area contributed by atoms with E-state index in [0.29, 0.717) is 30.3 Å². The molecule has 178 valence electrons. The Kier molecular flexibility index (Phi) is 6.72. The van der Waals surface area contributed by atoms with E-state index < -0.39 is 29.2 Å². The minimum absolute atomic E-state index is 0.00767. The first-order chi connectivity index (χ1) is 16.8. The average molecular weight is 476 g/mol. The molecule has 0 saturated carbocycles. The molecule has 1 amide bonds. The predicted octanol–water partition coefficient (Wildman–Crippen LogP) is 3.70. The third-order valence-electron chi connectivity index (χ3n) is 5.31. The van der Waals surface area contributed by atoms with Crippen molar-refractivity contribution in [1.82, 2.24) is 0 Å². The van der Waals surface area contributed by atoms with E-state index in [-0.39, 0.29) is 28.1 Å². The summed E-state index contributed by atoms with van der Waals surface area (Å²) in [5.41, 5.74) is 0.748. The fraction of sp³-hybridized carbons (Fsp3) is 0.160. The van der Waals surface area contributed by atoms with E-state index in [1.807, 2.05) is 0 Å². The van der Waals surface area contributed by atoms with Crippen molar-refractivity contribution in [2.45, 2.75) is 6.92 Å². The number of nitro benzene ring substituents is 1. The number of nitrogens with one attached hydrogen (secondary N) is 1. The van der Waals surface area contributed by atoms with Gasteiger partial charge >= 0.3 is 5.97 Å². The number of carbonyl (C=O) groups excluding carboxylic acids is 3. The Morgan fingerprint density at radius 3 is 2.43 bits per heavy atom. The zero-order chi connectivity index (χ0) is 24.9. The SMILES string of the molecule is Cc1c(NC(=O)COC(=O)c2ccccc2C(=O)c2ccc3c(c2)OCCO3)cccc1[N+](=O)[O-]. The highest BCUT2D eigenvalue weighted by Crippen LogP contribution is 2.32. The lowest BCUT2D eigenvalue weighted by Crippen LogP contribution is -2.22. The number of amides is 1. The number of ether oxygens (including phenoxy) is 3. The van der Waals surface area contributed by atoms with Crippen LogP contribution in [0.2, 0.25) is 0 Å². The summed E-state index contributed by atoms with van der Waals surface area (Å²) < 4.78 is 16.1. The van der Waals surface area contributed by atoms with Crippen LogP contribution in [0.4, 0.5) is 11.4 Å². The van der Waals surface area contributed by atoms with Gasteiger partial charge in [0, 0.05) is 17.2 Å². The van der Waals surface area contributed by atoms with Crippen LogP contribution in [0.5, 0.6) is 11.5 Å². The van der Waals surface area contributed by atoms with Crippen LogP contribution in [0.25, 0.3) is 0 Å². The molecule has 1 N–H and O–H groups in total. The Bertz CT molecular complexity index is 1330. The number of hydrogen-bond donors (Lipinski definition) is 1. The highest BCUT2D eigenvalue weighted by Gasteiger charge is 2.22. The molecule has 1 aliphatic heterocycles. The van der Waals surface area contributed by atoms with Crippen molar-refractivity contribution < 1.29 is 33.5 Å². The third-order valence-corrected chi connectivity index (χ3v) is 5.31. The molecule has 0 aromatic heterocycles. The van der Waals surface area contributed by atoms with Gasteiger partial charge in [0.25, 0.3) is 11.6 Å². The van der Waals surface area contributed by atoms with Crippen molar-refractivity contribution in [2.24, 2.45) is 0 Å². The van der Waals surface area contributed by atoms with Gasteiger partial charge in [-0.05, 0) is 37.3 Å². The number of anilines is 1. The number of esters is 1. The summed E-state index contributed by atoms with van der Waals surface area (Å²) in [6.07, 6.45) is 0. The molecule has 1 heterocycles. The standard InChI is InChI=1S/C25H20N2O8/c1-15-19(7-4-8-20(15)27(31)32)26-23(28)14-35-25(30)18-6-3-2-5-17(18)24(29)16-9-10-21-22(13-16)34-12-11-33-21/h2-10,13H,11-12,14H2,1H3,(H,26,28). The largest absolute Gasteiger partial charge is 0.486 e. The Morgan fingerprint density at radius 1 is 0.971 bits per heavy atom. The summed E-state index contributed by atoms with van der Waals surface area (Å²) in [7, 11) is 0. The topological polar surface area (TPSA) is 134 Å². The summed E-state index contributed by atoms with van der Waals surface area (Å²) in [4.78, 5) is 48.7. The first kappa shape index (κ1) is 23.4. The van der Waals surface area contributed by atoms with Crippen molar-refractivity contribution in [1.29, 1.82) is 0 Å². The molecule has 4 rings (SSSR count). The van der Waals surface area contributed by atoms with E-state index in [1.165, 1.54) is 37.3 Å². The van der Waals surface area contributed by atoms with E-state index in [9.17, 15) is 24.5 Å². The number of carbonyl (C=O) groups is 3. The highest BCUT2D eigenvalue weighted by atomic mass is 16.6. The van der Waals surface area contributed by atoms with Crippen molar-refractivity contribution >= 4 is 29.0 Å². The van der Waals surface area contributed by atoms with Gasteiger partial charge in [-0.3, -0.25) is 19.7 Å². The Morgan fingerprint density at radius 2 is 1.69 bits per heavy atom. The lowest BCUT2D eigenvalue weighted by molar-refractivity contribution is -0.385. The van der Waals surface area contributed by atoms with Crippen LogP contribution in [0.3, 0.4) is 0 Å². The van der Waals surface area contributed by atoms with Crippen LogP contribution in [0.15, 0.2) is 60.7 Å². The van der Waals surface area contributed by atoms with Gasteiger partial charge in [0.1, 0.15) is 13.2 Å². The third kappa shape index (κ3) is 5.11. The van der Waals surface area contributed by atoms with Gasteiger partial charge in [0.2, 0.25) is 0 Å². The second-order valence-corrected chi connectivity index (χ2v) is 7.56. The molecular weight excluding hydrogens is 456 g/mol. The average Bonchev–Trinajstić information content (AvgIpc) is 2.87. The van der Waals surface area contributed by atoms with Gasteiger partial charge in [-0.25, -0.2) is 4.79 Å². The maximum atomic E-state index is 13.1. The lowest BCUT2D eigenvalue weighted by atomic mass is 9.98. The minimum atomic E-state index is -0.864. The summed E-state index contributed by atoms with van der Waals surface area (Å²) in [5.74, 6) is -0.998. The lowest BCUT2D eigenvalue weighted by Gasteiger charge is -2.18. The molecule has 0 fully saturated rings. The van der Waals surface area contributed by atoms with Gasteiger partial charge in [-0.2, -0.15) is 0 Å². The van der Waals surface area contributed by atoms with Crippen LogP contribution < -0.4 is 14.8 Å². The van der Waals surface area contributed by atoms with Gasteiger partial charge in [0.05, 0.1) is 21.7 Å². The molecule has 0 saturated heterocycles. The highest BCUT2D eigenvalue weighted by molar-refractivity contribution is 6.14. The van der Waals surface area contributed by atoms with Crippen molar-refractivity contribution in [3.63, 3.8) is 0 Å². The maximum absolute atomic E-state index is 13.1. The number of benzene rings is 3. The van der Waals surface area contributed by atoms with E-state index in [1.54, 1.807) is 30.3 Å². The van der Waals surface area contributed by atoms with Crippen LogP contribution in [-0.4, -0.2) is 42.4 Å². The van der Waals surface area contributed by atoms with Gasteiger partial charge < -0.3 is 19.5 Å². The molecule has 0 bridgehead atoms. The number of nitro groups is 1. The molecule has 0 unspecified atom stereocenters. The first-order valence-electron chi connectivity index (χ1n) is 10.6. The molecule has 3 aromatic carbocycles. The molecule has 10 heteroatoms. The van der Waals surface area contributed by atoms with E-state index >= 15 is 0 Å². The number of nitrogens with zero attached hydrogens (tertiary/aromatic N) is 1. The Hall–Kier alpha value is -4.73. The van der Waals surface area contributed by atoms with Crippen LogP contribution in [0, 0.1) is 17.0 Å². The monoisotopic (exact) mass is 476 g/mol. The summed E-state index contributed by atoms with van der Waals surface area (Å²) >= 11 is 0. The number of fused-ring (bicyclic) bond motifs is 1. The maximum Gasteiger partial charge on any atom is 0.339 e. The summed E-state index contributed by atoms with van der Waals surface area (Å²) in [5, 5.41) is 13.6. The molecule has 0 atom stereocenters. The molecule has 1 aliphatic rings. The molecule has 0 aliphatic carbocycles. The molecule has 0 spiro atoms. The van der Waals surface area contributed by atoms with Crippen molar-refractivity contribution in [3.05, 3.63) is 93.0 Å². The normalized spacial score (nSPS) is 11.9. The molecule has 35 heavy (non-hydrogen) atoms. The Labute approximate surface area is 199 Å². The number of rotatable bonds is 7. The predicted molar refractivity (Wildman–Crippen MR) is 124 cm³/mol. The molecule has 0 radical (unpaired) electrons. The van der Waals surface area contributed by atoms with Crippen molar-refractivity contribution in [2.75, 3.05) is 25.1 Å². The van der Waals surface area contributed by atoms with Crippen LogP contribution in [0.1, 0.15) is 31.8 Å². The smallest absolute Gasteiger partial charge is 0.339 e. The van der Waals surface area contributed by atoms with Gasteiger partial charge in [0.15, 0.2) is 23.9 Å². The Balaban J connectivity index is 1.46. The van der Waals surface area contributed by atoms with Gasteiger partial charge in [-0.15, -0.1) is 0 Å². The molecular formula is C25H20N2O8. The second kappa shape index (κ2) is 10.0. The number of ketones is 1. The van der Waals surface area contributed by atoms with E-state index in [0.717, 1.165) is 0 Å². The van der Waals surface area contributed by atoms with Crippen molar-refractivity contribution in [3.8, 4) is 11.5 Å². The van der Waals surface area contributed by atoms with Crippen LogP contribution in [-0.2, 0) is 9.53 Å². The molecule has 10 nitrogen and oxygen atoms in total. The second-order valence-electron chi connectivity index (χ2n) is 7.56.